The lowest BCUT2D eigenvalue weighted by Gasteiger charge is -2.24. The molecule has 5 rings (SSSR count). The van der Waals surface area contributed by atoms with E-state index < -0.39 is 0 Å². The molecule has 0 bridgehead atoms. The number of allylic oxidation sites excluding steroid dienone is 4. The highest BCUT2D eigenvalue weighted by Gasteiger charge is 2.26. The Hall–Kier alpha value is -2.56. The first kappa shape index (κ1) is 25.1. The summed E-state index contributed by atoms with van der Waals surface area (Å²) >= 11 is 3.79. The van der Waals surface area contributed by atoms with E-state index in [1.54, 1.807) is 0 Å². The average Bonchev–Trinajstić information content (AvgIpc) is 2.87. The maximum Gasteiger partial charge on any atom is 0.0824 e. The highest BCUT2D eigenvalue weighted by Crippen LogP contribution is 2.43. The number of hydrogen-bond acceptors (Lipinski definition) is 4. The second-order valence-corrected chi connectivity index (χ2v) is 12.1. The van der Waals surface area contributed by atoms with Gasteiger partial charge in [0.1, 0.15) is 0 Å². The van der Waals surface area contributed by atoms with Crippen LogP contribution < -0.4 is 10.7 Å². The summed E-state index contributed by atoms with van der Waals surface area (Å²) in [5.74, 6) is 0. The summed E-state index contributed by atoms with van der Waals surface area (Å²) in [7, 11) is 0. The third-order valence-electron chi connectivity index (χ3n) is 6.54. The third kappa shape index (κ3) is 5.40. The van der Waals surface area contributed by atoms with Crippen molar-refractivity contribution in [2.75, 3.05) is 0 Å². The molecule has 3 aromatic rings. The van der Waals surface area contributed by atoms with Crippen LogP contribution in [0.3, 0.4) is 0 Å². The SMILES string of the molecule is CC(C)=CCCCc1c2c(c(CCCC=C(C)C)c3c1=Nc1ccccc1S3)=Nc1ccccc1S2. The molecule has 3 aromatic carbocycles. The molecule has 0 aromatic heterocycles. The van der Waals surface area contributed by atoms with Gasteiger partial charge < -0.3 is 0 Å². The Morgan fingerprint density at radius 1 is 0.639 bits per heavy atom. The molecule has 0 N–H and O–H groups in total. The maximum absolute atomic E-state index is 5.30. The number of para-hydroxylation sites is 2. The summed E-state index contributed by atoms with van der Waals surface area (Å²) in [6, 6.07) is 17.1. The van der Waals surface area contributed by atoms with Crippen molar-refractivity contribution in [1.82, 2.24) is 0 Å². The maximum atomic E-state index is 5.30. The van der Waals surface area contributed by atoms with Crippen molar-refractivity contribution in [2.24, 2.45) is 9.98 Å². The number of fused-ring (bicyclic) bond motifs is 4. The zero-order chi connectivity index (χ0) is 25.1. The smallest absolute Gasteiger partial charge is 0.0824 e. The molecule has 36 heavy (non-hydrogen) atoms. The van der Waals surface area contributed by atoms with Gasteiger partial charge in [-0.3, -0.25) is 0 Å². The summed E-state index contributed by atoms with van der Waals surface area (Å²) in [6.45, 7) is 8.73. The topological polar surface area (TPSA) is 24.7 Å². The van der Waals surface area contributed by atoms with Crippen LogP contribution in [0.5, 0.6) is 0 Å². The predicted molar refractivity (Wildman–Crippen MR) is 154 cm³/mol. The van der Waals surface area contributed by atoms with Crippen molar-refractivity contribution in [1.29, 1.82) is 0 Å². The van der Waals surface area contributed by atoms with Crippen LogP contribution in [0, 0.1) is 0 Å². The molecule has 0 saturated carbocycles. The Balaban J connectivity index is 1.70. The molecule has 184 valence electrons. The lowest BCUT2D eigenvalue weighted by Crippen LogP contribution is -2.29. The number of rotatable bonds is 8. The van der Waals surface area contributed by atoms with E-state index in [2.05, 4.69) is 88.4 Å². The summed E-state index contributed by atoms with van der Waals surface area (Å²) in [5.41, 5.74) is 7.71. The van der Waals surface area contributed by atoms with Crippen LogP contribution in [0.4, 0.5) is 11.4 Å². The Labute approximate surface area is 223 Å². The normalized spacial score (nSPS) is 12.8. The molecule has 0 saturated heterocycles. The first-order valence-corrected chi connectivity index (χ1v) is 14.6. The van der Waals surface area contributed by atoms with Crippen molar-refractivity contribution in [2.45, 2.75) is 85.8 Å². The fourth-order valence-electron chi connectivity index (χ4n) is 4.77. The molecule has 0 fully saturated rings. The van der Waals surface area contributed by atoms with Crippen molar-refractivity contribution < 1.29 is 0 Å². The molecular weight excluding hydrogens is 477 g/mol. The van der Waals surface area contributed by atoms with Crippen LogP contribution in [0.25, 0.3) is 0 Å². The fourth-order valence-corrected chi connectivity index (χ4v) is 7.11. The Kier molecular flexibility index (Phi) is 7.83. The molecule has 2 heterocycles. The molecule has 0 unspecified atom stereocenters. The van der Waals surface area contributed by atoms with Crippen LogP contribution in [0.15, 0.2) is 101 Å². The quantitative estimate of drug-likeness (QED) is 0.154. The van der Waals surface area contributed by atoms with Gasteiger partial charge in [0, 0.05) is 19.6 Å². The molecule has 0 amide bonds. The standard InChI is InChI=1S/C32H34N2S2/c1-21(2)13-5-7-15-23-29-32(36-28-20-12-9-17-25(28)33-29)24(16-8-6-14-22(3)4)30-31(23)35-27-19-11-10-18-26(27)34-30/h9-14,17-20H,5-8,15-16H2,1-4H3. The second kappa shape index (κ2) is 11.2. The van der Waals surface area contributed by atoms with Gasteiger partial charge in [0.25, 0.3) is 0 Å². The van der Waals surface area contributed by atoms with Gasteiger partial charge in [-0.05, 0) is 102 Å². The Bertz CT molecular complexity index is 1360. The van der Waals surface area contributed by atoms with Gasteiger partial charge >= 0.3 is 0 Å². The van der Waals surface area contributed by atoms with Gasteiger partial charge in [-0.25, -0.2) is 9.98 Å². The van der Waals surface area contributed by atoms with Gasteiger partial charge in [-0.1, -0.05) is 71.1 Å². The van der Waals surface area contributed by atoms with Crippen LogP contribution in [0.1, 0.15) is 64.5 Å². The van der Waals surface area contributed by atoms with Gasteiger partial charge in [-0.2, -0.15) is 0 Å². The lowest BCUT2D eigenvalue weighted by atomic mass is 9.99. The van der Waals surface area contributed by atoms with Gasteiger partial charge in [-0.15, -0.1) is 0 Å². The average molecular weight is 511 g/mol. The van der Waals surface area contributed by atoms with E-state index in [0.717, 1.165) is 49.9 Å². The van der Waals surface area contributed by atoms with Crippen molar-refractivity contribution in [3.63, 3.8) is 0 Å². The van der Waals surface area contributed by atoms with E-state index in [9.17, 15) is 0 Å². The van der Waals surface area contributed by atoms with Crippen LogP contribution in [0.2, 0.25) is 0 Å². The van der Waals surface area contributed by atoms with Crippen molar-refractivity contribution >= 4 is 34.9 Å². The molecule has 2 aliphatic heterocycles. The molecule has 2 nitrogen and oxygen atoms in total. The van der Waals surface area contributed by atoms with Crippen molar-refractivity contribution in [3.8, 4) is 0 Å². The highest BCUT2D eigenvalue weighted by atomic mass is 32.2. The molecule has 0 aliphatic carbocycles. The Morgan fingerprint density at radius 3 is 1.47 bits per heavy atom. The summed E-state index contributed by atoms with van der Waals surface area (Å²) in [4.78, 5) is 15.7. The molecule has 4 heteroatoms. The highest BCUT2D eigenvalue weighted by molar-refractivity contribution is 8.00. The van der Waals surface area contributed by atoms with E-state index in [-0.39, 0.29) is 0 Å². The summed E-state index contributed by atoms with van der Waals surface area (Å²) in [5, 5.41) is 2.38. The summed E-state index contributed by atoms with van der Waals surface area (Å²) < 4.78 is 0. The first-order chi connectivity index (χ1) is 17.5. The molecule has 0 spiro atoms. The second-order valence-electron chi connectivity index (χ2n) is 10.0. The van der Waals surface area contributed by atoms with Gasteiger partial charge in [0.15, 0.2) is 0 Å². The van der Waals surface area contributed by atoms with Crippen molar-refractivity contribution in [3.05, 3.63) is 93.7 Å². The van der Waals surface area contributed by atoms with Crippen LogP contribution in [-0.2, 0) is 12.8 Å². The number of benzene rings is 3. The van der Waals surface area contributed by atoms with Gasteiger partial charge in [0.2, 0.25) is 0 Å². The monoisotopic (exact) mass is 510 g/mol. The zero-order valence-corrected chi connectivity index (χ0v) is 23.4. The predicted octanol–water partition coefficient (Wildman–Crippen LogP) is 9.10. The number of hydrogen-bond donors (Lipinski definition) is 0. The van der Waals surface area contributed by atoms with Gasteiger partial charge in [0.05, 0.1) is 22.1 Å². The minimum Gasteiger partial charge on any atom is -0.246 e. The molecular formula is C32H34N2S2. The molecule has 0 radical (unpaired) electrons. The Morgan fingerprint density at radius 2 is 1.06 bits per heavy atom. The first-order valence-electron chi connectivity index (χ1n) is 13.0. The minimum absolute atomic E-state index is 1.02. The largest absolute Gasteiger partial charge is 0.246 e. The fraction of sp³-hybridized carbons (Fsp3) is 0.312. The zero-order valence-electron chi connectivity index (χ0n) is 21.7. The molecule has 0 atom stereocenters. The van der Waals surface area contributed by atoms with E-state index >= 15 is 0 Å². The van der Waals surface area contributed by atoms with Crippen LogP contribution >= 0.6 is 23.5 Å². The van der Waals surface area contributed by atoms with E-state index in [4.69, 9.17) is 9.98 Å². The third-order valence-corrected chi connectivity index (χ3v) is 8.95. The lowest BCUT2D eigenvalue weighted by molar-refractivity contribution is 0.769. The van der Waals surface area contributed by atoms with E-state index in [1.165, 1.54) is 52.6 Å². The number of nitrogens with zero attached hydrogens (tertiary/aromatic N) is 2. The molecule has 2 aliphatic rings. The number of unbranched alkanes of at least 4 members (excludes halogenated alkanes) is 2. The van der Waals surface area contributed by atoms with E-state index in [0.29, 0.717) is 0 Å². The summed E-state index contributed by atoms with van der Waals surface area (Å²) in [6.07, 6.45) is 11.2. The van der Waals surface area contributed by atoms with E-state index in [1.807, 2.05) is 23.5 Å². The minimum atomic E-state index is 1.02. The van der Waals surface area contributed by atoms with Crippen LogP contribution in [-0.4, -0.2) is 0 Å².